The van der Waals surface area contributed by atoms with E-state index in [1.165, 1.54) is 5.56 Å². The molecule has 0 spiro atoms. The number of phenols is 1. The molecule has 0 aliphatic rings. The van der Waals surface area contributed by atoms with E-state index in [-0.39, 0.29) is 11.2 Å². The summed E-state index contributed by atoms with van der Waals surface area (Å²) >= 11 is 0. The molecule has 3 aromatic carbocycles. The lowest BCUT2D eigenvalue weighted by molar-refractivity contribution is -0.130. The quantitative estimate of drug-likeness (QED) is 0.346. The molecule has 1 N–H and O–H groups in total. The molecule has 0 heterocycles. The first-order chi connectivity index (χ1) is 13.3. The summed E-state index contributed by atoms with van der Waals surface area (Å²) in [5.41, 5.74) is 3.78. The van der Waals surface area contributed by atoms with Gasteiger partial charge in [-0.25, -0.2) is 4.79 Å². The summed E-state index contributed by atoms with van der Waals surface area (Å²) in [4.78, 5) is 11.9. The fourth-order valence-electron chi connectivity index (χ4n) is 3.16. The maximum Gasteiger partial charge on any atom is 0.338 e. The first kappa shape index (κ1) is 19.4. The number of rotatable bonds is 5. The minimum absolute atomic E-state index is 0.0575. The number of carbonyl (C=O) groups is 1. The highest BCUT2D eigenvalue weighted by Crippen LogP contribution is 2.39. The van der Waals surface area contributed by atoms with E-state index < -0.39 is 5.97 Å². The number of phenolic OH excluding ortho intramolecular Hbond substituents is 1. The van der Waals surface area contributed by atoms with E-state index in [0.29, 0.717) is 16.9 Å². The fraction of sp³-hybridized carbons (Fsp3) is 0.160. The van der Waals surface area contributed by atoms with Gasteiger partial charge in [0.15, 0.2) is 0 Å². The van der Waals surface area contributed by atoms with Gasteiger partial charge in [0.05, 0.1) is 5.56 Å². The van der Waals surface area contributed by atoms with E-state index in [2.05, 4.69) is 32.6 Å². The molecular formula is C25H24O3. The monoisotopic (exact) mass is 372 g/mol. The molecule has 0 atom stereocenters. The van der Waals surface area contributed by atoms with Gasteiger partial charge < -0.3 is 9.84 Å². The Hall–Kier alpha value is -3.33. The van der Waals surface area contributed by atoms with Crippen molar-refractivity contribution in [2.24, 2.45) is 0 Å². The summed E-state index contributed by atoms with van der Waals surface area (Å²) in [5, 5.41) is 10.4. The Morgan fingerprint density at radius 2 is 1.50 bits per heavy atom. The predicted molar refractivity (Wildman–Crippen MR) is 113 cm³/mol. The first-order valence-corrected chi connectivity index (χ1v) is 9.17. The number of benzene rings is 3. The second kappa shape index (κ2) is 7.73. The summed E-state index contributed by atoms with van der Waals surface area (Å²) in [5.74, 6) is -0.154. The lowest BCUT2D eigenvalue weighted by Crippen LogP contribution is -2.18. The van der Waals surface area contributed by atoms with Crippen molar-refractivity contribution in [1.82, 2.24) is 0 Å². The molecule has 0 aliphatic carbocycles. The van der Waals surface area contributed by atoms with Gasteiger partial charge in [0.25, 0.3) is 0 Å². The molecule has 3 nitrogen and oxygen atoms in total. The standard InChI is InChI=1S/C25H24O3/c1-17(2)24(27)28-22-12-8-11-21(26)23(22)18-13-15-20(16-14-18)25(3,4)19-9-6-5-7-10-19/h5-16,26H,1H2,2-4H3. The Labute approximate surface area is 165 Å². The van der Waals surface area contributed by atoms with Crippen molar-refractivity contribution in [3.8, 4) is 22.6 Å². The van der Waals surface area contributed by atoms with Gasteiger partial charge >= 0.3 is 5.97 Å². The molecular weight excluding hydrogens is 348 g/mol. The van der Waals surface area contributed by atoms with Crippen LogP contribution in [0.15, 0.2) is 84.9 Å². The normalized spacial score (nSPS) is 11.1. The van der Waals surface area contributed by atoms with E-state index in [1.807, 2.05) is 42.5 Å². The fourth-order valence-corrected chi connectivity index (χ4v) is 3.16. The van der Waals surface area contributed by atoms with Crippen LogP contribution in [-0.4, -0.2) is 11.1 Å². The molecule has 142 valence electrons. The average Bonchev–Trinajstić information content (AvgIpc) is 2.69. The van der Waals surface area contributed by atoms with Gasteiger partial charge in [-0.1, -0.05) is 81.1 Å². The van der Waals surface area contributed by atoms with Gasteiger partial charge in [-0.2, -0.15) is 0 Å². The molecule has 3 aromatic rings. The van der Waals surface area contributed by atoms with Crippen molar-refractivity contribution in [3.05, 3.63) is 96.1 Å². The molecule has 3 rings (SSSR count). The summed E-state index contributed by atoms with van der Waals surface area (Å²) in [6, 6.07) is 23.2. The third-order valence-corrected chi connectivity index (χ3v) is 4.95. The number of hydrogen-bond donors (Lipinski definition) is 1. The summed E-state index contributed by atoms with van der Waals surface area (Å²) in [6.45, 7) is 9.55. The molecule has 0 fully saturated rings. The molecule has 0 unspecified atom stereocenters. The predicted octanol–water partition coefficient (Wildman–Crippen LogP) is 5.87. The Bertz CT molecular complexity index is 1000. The van der Waals surface area contributed by atoms with Gasteiger partial charge in [0.2, 0.25) is 0 Å². The third-order valence-electron chi connectivity index (χ3n) is 4.95. The van der Waals surface area contributed by atoms with Gasteiger partial charge in [0, 0.05) is 11.0 Å². The van der Waals surface area contributed by atoms with Crippen LogP contribution in [0.1, 0.15) is 31.9 Å². The molecule has 0 bridgehead atoms. The van der Waals surface area contributed by atoms with Gasteiger partial charge in [-0.3, -0.25) is 0 Å². The molecule has 0 saturated heterocycles. The minimum Gasteiger partial charge on any atom is -0.507 e. The van der Waals surface area contributed by atoms with Crippen LogP contribution in [0, 0.1) is 0 Å². The van der Waals surface area contributed by atoms with Crippen molar-refractivity contribution < 1.29 is 14.6 Å². The van der Waals surface area contributed by atoms with Crippen molar-refractivity contribution in [1.29, 1.82) is 0 Å². The minimum atomic E-state index is -0.520. The van der Waals surface area contributed by atoms with Gasteiger partial charge in [0.1, 0.15) is 11.5 Å². The maximum atomic E-state index is 11.9. The van der Waals surface area contributed by atoms with Crippen molar-refractivity contribution in [2.45, 2.75) is 26.2 Å². The van der Waals surface area contributed by atoms with Crippen molar-refractivity contribution in [2.75, 3.05) is 0 Å². The zero-order valence-corrected chi connectivity index (χ0v) is 16.4. The van der Waals surface area contributed by atoms with E-state index in [1.54, 1.807) is 25.1 Å². The van der Waals surface area contributed by atoms with Gasteiger partial charge in [-0.05, 0) is 35.7 Å². The van der Waals surface area contributed by atoms with E-state index >= 15 is 0 Å². The maximum absolute atomic E-state index is 11.9. The molecule has 0 radical (unpaired) electrons. The highest BCUT2D eigenvalue weighted by molar-refractivity contribution is 5.90. The molecule has 0 saturated carbocycles. The number of hydrogen-bond acceptors (Lipinski definition) is 3. The Morgan fingerprint density at radius 3 is 2.11 bits per heavy atom. The van der Waals surface area contributed by atoms with E-state index in [9.17, 15) is 9.90 Å². The summed E-state index contributed by atoms with van der Waals surface area (Å²) in [7, 11) is 0. The van der Waals surface area contributed by atoms with Gasteiger partial charge in [-0.15, -0.1) is 0 Å². The van der Waals surface area contributed by atoms with Crippen LogP contribution >= 0.6 is 0 Å². The number of esters is 1. The Balaban J connectivity index is 1.98. The highest BCUT2D eigenvalue weighted by Gasteiger charge is 2.23. The zero-order valence-electron chi connectivity index (χ0n) is 16.4. The molecule has 0 aliphatic heterocycles. The SMILES string of the molecule is C=C(C)C(=O)Oc1cccc(O)c1-c1ccc(C(C)(C)c2ccccc2)cc1. The van der Waals surface area contributed by atoms with Crippen LogP contribution in [0.3, 0.4) is 0 Å². The third kappa shape index (κ3) is 3.84. The lowest BCUT2D eigenvalue weighted by atomic mass is 9.78. The van der Waals surface area contributed by atoms with Crippen LogP contribution in [0.4, 0.5) is 0 Å². The zero-order chi connectivity index (χ0) is 20.3. The Kier molecular flexibility index (Phi) is 5.36. The summed E-state index contributed by atoms with van der Waals surface area (Å²) in [6.07, 6.45) is 0. The topological polar surface area (TPSA) is 46.5 Å². The van der Waals surface area contributed by atoms with Crippen LogP contribution < -0.4 is 4.74 Å². The van der Waals surface area contributed by atoms with Crippen LogP contribution in [0.2, 0.25) is 0 Å². The number of ether oxygens (including phenoxy) is 1. The van der Waals surface area contributed by atoms with E-state index in [0.717, 1.165) is 11.1 Å². The highest BCUT2D eigenvalue weighted by atomic mass is 16.5. The second-order valence-electron chi connectivity index (χ2n) is 7.39. The largest absolute Gasteiger partial charge is 0.507 e. The number of carbonyl (C=O) groups excluding carboxylic acids is 1. The molecule has 0 amide bonds. The van der Waals surface area contributed by atoms with Crippen LogP contribution in [-0.2, 0) is 10.2 Å². The van der Waals surface area contributed by atoms with Crippen LogP contribution in [0.5, 0.6) is 11.5 Å². The lowest BCUT2D eigenvalue weighted by Gasteiger charge is -2.26. The van der Waals surface area contributed by atoms with Crippen LogP contribution in [0.25, 0.3) is 11.1 Å². The second-order valence-corrected chi connectivity index (χ2v) is 7.39. The van der Waals surface area contributed by atoms with Crippen molar-refractivity contribution in [3.63, 3.8) is 0 Å². The number of aromatic hydroxyl groups is 1. The van der Waals surface area contributed by atoms with Crippen molar-refractivity contribution >= 4 is 5.97 Å². The first-order valence-electron chi connectivity index (χ1n) is 9.17. The molecule has 0 aromatic heterocycles. The smallest absolute Gasteiger partial charge is 0.338 e. The average molecular weight is 372 g/mol. The molecule has 28 heavy (non-hydrogen) atoms. The summed E-state index contributed by atoms with van der Waals surface area (Å²) < 4.78 is 5.41. The Morgan fingerprint density at radius 1 is 0.893 bits per heavy atom. The van der Waals surface area contributed by atoms with E-state index in [4.69, 9.17) is 4.74 Å². The molecule has 3 heteroatoms.